The van der Waals surface area contributed by atoms with E-state index in [-0.39, 0.29) is 17.9 Å². The summed E-state index contributed by atoms with van der Waals surface area (Å²) >= 11 is 0. The van der Waals surface area contributed by atoms with Crippen molar-refractivity contribution in [2.45, 2.75) is 25.3 Å². The van der Waals surface area contributed by atoms with Gasteiger partial charge in [-0.15, -0.1) is 0 Å². The maximum atomic E-state index is 12.3. The molecule has 2 N–H and O–H groups in total. The first-order valence-corrected chi connectivity index (χ1v) is 6.54. The van der Waals surface area contributed by atoms with Crippen LogP contribution in [0.4, 0.5) is 4.79 Å². The van der Waals surface area contributed by atoms with Gasteiger partial charge in [0.05, 0.1) is 13.2 Å². The van der Waals surface area contributed by atoms with Gasteiger partial charge in [0.2, 0.25) is 5.91 Å². The topological polar surface area (TPSA) is 70.7 Å². The second-order valence-electron chi connectivity index (χ2n) is 4.93. The van der Waals surface area contributed by atoms with Gasteiger partial charge in [0.25, 0.3) is 0 Å². The molecule has 0 aliphatic carbocycles. The minimum atomic E-state index is -0.420. The number of amides is 2. The fourth-order valence-electron chi connectivity index (χ4n) is 2.63. The highest BCUT2D eigenvalue weighted by atomic mass is 16.5. The van der Waals surface area contributed by atoms with E-state index in [1.54, 1.807) is 0 Å². The fraction of sp³-hybridized carbons (Fsp3) is 0.833. The van der Waals surface area contributed by atoms with Crippen molar-refractivity contribution < 1.29 is 14.3 Å². The summed E-state index contributed by atoms with van der Waals surface area (Å²) in [6.07, 6.45) is 2.23. The molecule has 2 aliphatic heterocycles. The number of alkyl carbamates (subject to hydrolysis) is 1. The average molecular weight is 255 g/mol. The highest BCUT2D eigenvalue weighted by Gasteiger charge is 2.32. The summed E-state index contributed by atoms with van der Waals surface area (Å²) in [5, 5.41) is 6.01. The maximum Gasteiger partial charge on any atom is 0.407 e. The lowest BCUT2D eigenvalue weighted by atomic mass is 9.97. The maximum absolute atomic E-state index is 12.3. The third-order valence-corrected chi connectivity index (χ3v) is 3.70. The number of piperidine rings is 1. The minimum Gasteiger partial charge on any atom is -0.453 e. The molecule has 2 aliphatic rings. The number of carbonyl (C=O) groups excluding carboxylic acids is 2. The molecule has 0 aromatic heterocycles. The van der Waals surface area contributed by atoms with Crippen LogP contribution in [0.15, 0.2) is 0 Å². The molecule has 0 bridgehead atoms. The Morgan fingerprint density at radius 1 is 1.28 bits per heavy atom. The van der Waals surface area contributed by atoms with Gasteiger partial charge in [-0.3, -0.25) is 4.79 Å². The first-order chi connectivity index (χ1) is 8.70. The van der Waals surface area contributed by atoms with E-state index in [0.29, 0.717) is 6.54 Å². The lowest BCUT2D eigenvalue weighted by Crippen LogP contribution is -2.42. The Morgan fingerprint density at radius 3 is 2.67 bits per heavy atom. The van der Waals surface area contributed by atoms with E-state index in [4.69, 9.17) is 0 Å². The summed E-state index contributed by atoms with van der Waals surface area (Å²) in [6.45, 7) is 3.19. The average Bonchev–Trinajstić information content (AvgIpc) is 2.87. The Labute approximate surface area is 107 Å². The van der Waals surface area contributed by atoms with Gasteiger partial charge in [-0.2, -0.15) is 0 Å². The summed E-state index contributed by atoms with van der Waals surface area (Å²) in [6, 6.07) is 0.0307. The molecule has 2 saturated heterocycles. The Morgan fingerprint density at radius 2 is 2.00 bits per heavy atom. The normalized spacial score (nSPS) is 24.9. The zero-order chi connectivity index (χ0) is 13.0. The van der Waals surface area contributed by atoms with Crippen LogP contribution in [-0.4, -0.2) is 56.2 Å². The van der Waals surface area contributed by atoms with Gasteiger partial charge in [0.15, 0.2) is 0 Å². The lowest BCUT2D eigenvalue weighted by molar-refractivity contribution is -0.135. The molecule has 2 rings (SSSR count). The number of carbonyl (C=O) groups is 2. The predicted molar refractivity (Wildman–Crippen MR) is 66.1 cm³/mol. The molecule has 0 aromatic rings. The van der Waals surface area contributed by atoms with Crippen molar-refractivity contribution in [1.29, 1.82) is 0 Å². The second kappa shape index (κ2) is 6.04. The highest BCUT2D eigenvalue weighted by Crippen LogP contribution is 2.19. The molecule has 0 radical (unpaired) electrons. The summed E-state index contributed by atoms with van der Waals surface area (Å²) < 4.78 is 4.56. The van der Waals surface area contributed by atoms with E-state index in [9.17, 15) is 9.59 Å². The fourth-order valence-corrected chi connectivity index (χ4v) is 2.63. The molecule has 0 saturated carbocycles. The number of nitrogens with zero attached hydrogens (tertiary/aromatic N) is 1. The predicted octanol–water partition coefficient (Wildman–Crippen LogP) is -0.0571. The van der Waals surface area contributed by atoms with E-state index in [1.807, 2.05) is 4.90 Å². The third-order valence-electron chi connectivity index (χ3n) is 3.70. The van der Waals surface area contributed by atoms with Crippen molar-refractivity contribution in [2.75, 3.05) is 33.3 Å². The van der Waals surface area contributed by atoms with Gasteiger partial charge in [-0.25, -0.2) is 4.79 Å². The van der Waals surface area contributed by atoms with Crippen molar-refractivity contribution in [3.05, 3.63) is 0 Å². The van der Waals surface area contributed by atoms with Gasteiger partial charge in [0.1, 0.15) is 0 Å². The zero-order valence-electron chi connectivity index (χ0n) is 10.8. The summed E-state index contributed by atoms with van der Waals surface area (Å²) in [7, 11) is 1.35. The van der Waals surface area contributed by atoms with Crippen LogP contribution in [0.25, 0.3) is 0 Å². The second-order valence-corrected chi connectivity index (χ2v) is 4.93. The monoisotopic (exact) mass is 255 g/mol. The zero-order valence-corrected chi connectivity index (χ0v) is 10.8. The Balaban J connectivity index is 1.80. The molecule has 2 heterocycles. The van der Waals surface area contributed by atoms with Crippen LogP contribution in [0.5, 0.6) is 0 Å². The smallest absolute Gasteiger partial charge is 0.407 e. The van der Waals surface area contributed by atoms with E-state index in [1.165, 1.54) is 7.11 Å². The molecule has 6 heteroatoms. The molecule has 2 fully saturated rings. The Hall–Kier alpha value is -1.30. The molecule has 18 heavy (non-hydrogen) atoms. The van der Waals surface area contributed by atoms with Crippen LogP contribution in [0.1, 0.15) is 19.3 Å². The minimum absolute atomic E-state index is 0.0307. The summed E-state index contributed by atoms with van der Waals surface area (Å²) in [5.41, 5.74) is 0. The van der Waals surface area contributed by atoms with Crippen molar-refractivity contribution >= 4 is 12.0 Å². The van der Waals surface area contributed by atoms with Gasteiger partial charge in [0, 0.05) is 19.0 Å². The summed E-state index contributed by atoms with van der Waals surface area (Å²) in [4.78, 5) is 25.2. The molecule has 1 unspecified atom stereocenters. The Bertz CT molecular complexity index is 316. The van der Waals surface area contributed by atoms with Crippen LogP contribution in [0.2, 0.25) is 0 Å². The number of likely N-dealkylation sites (tertiary alicyclic amines) is 1. The van der Waals surface area contributed by atoms with Gasteiger partial charge >= 0.3 is 6.09 Å². The van der Waals surface area contributed by atoms with Crippen molar-refractivity contribution in [2.24, 2.45) is 5.92 Å². The first-order valence-electron chi connectivity index (χ1n) is 6.54. The SMILES string of the molecule is COC(=O)NC1CCN(C(=O)C2CCNCC2)C1. The number of methoxy groups -OCH3 is 1. The third kappa shape index (κ3) is 3.13. The quantitative estimate of drug-likeness (QED) is 0.725. The van der Waals surface area contributed by atoms with E-state index >= 15 is 0 Å². The molecular weight excluding hydrogens is 234 g/mol. The van der Waals surface area contributed by atoms with Crippen LogP contribution in [0.3, 0.4) is 0 Å². The molecule has 0 aromatic carbocycles. The van der Waals surface area contributed by atoms with Crippen LogP contribution in [-0.2, 0) is 9.53 Å². The Kier molecular flexibility index (Phi) is 4.41. The van der Waals surface area contributed by atoms with E-state index in [2.05, 4.69) is 15.4 Å². The highest BCUT2D eigenvalue weighted by molar-refractivity contribution is 5.79. The van der Waals surface area contributed by atoms with Gasteiger partial charge < -0.3 is 20.3 Å². The van der Waals surface area contributed by atoms with Crippen LogP contribution < -0.4 is 10.6 Å². The van der Waals surface area contributed by atoms with E-state index < -0.39 is 6.09 Å². The molecule has 2 amide bonds. The molecule has 6 nitrogen and oxygen atoms in total. The lowest BCUT2D eigenvalue weighted by Gasteiger charge is -2.26. The number of nitrogens with one attached hydrogen (secondary N) is 2. The number of ether oxygens (including phenoxy) is 1. The number of rotatable bonds is 2. The van der Waals surface area contributed by atoms with Gasteiger partial charge in [-0.05, 0) is 32.4 Å². The number of hydrogen-bond acceptors (Lipinski definition) is 4. The number of hydrogen-bond donors (Lipinski definition) is 2. The molecule has 102 valence electrons. The first kappa shape index (κ1) is 13.1. The van der Waals surface area contributed by atoms with Crippen molar-refractivity contribution in [3.63, 3.8) is 0 Å². The summed E-state index contributed by atoms with van der Waals surface area (Å²) in [5.74, 6) is 0.397. The molecule has 0 spiro atoms. The standard InChI is InChI=1S/C12H21N3O3/c1-18-12(17)14-10-4-7-15(8-10)11(16)9-2-5-13-6-3-9/h9-10,13H,2-8H2,1H3,(H,14,17). The van der Waals surface area contributed by atoms with E-state index in [0.717, 1.165) is 38.9 Å². The van der Waals surface area contributed by atoms with Crippen molar-refractivity contribution in [3.8, 4) is 0 Å². The largest absolute Gasteiger partial charge is 0.453 e. The van der Waals surface area contributed by atoms with Crippen LogP contribution in [0, 0.1) is 5.92 Å². The molecule has 1 atom stereocenters. The molecular formula is C12H21N3O3. The van der Waals surface area contributed by atoms with Crippen LogP contribution >= 0.6 is 0 Å². The van der Waals surface area contributed by atoms with Crippen molar-refractivity contribution in [1.82, 2.24) is 15.5 Å². The van der Waals surface area contributed by atoms with Gasteiger partial charge in [-0.1, -0.05) is 0 Å².